The molecule has 2 aromatic rings. The molecule has 30 heavy (non-hydrogen) atoms. The normalized spacial score (nSPS) is 19.5. The van der Waals surface area contributed by atoms with Crippen LogP contribution in [-0.2, 0) is 10.4 Å². The van der Waals surface area contributed by atoms with E-state index in [1.165, 1.54) is 0 Å². The largest absolute Gasteiger partial charge is 0.383 e. The van der Waals surface area contributed by atoms with E-state index in [9.17, 15) is 14.7 Å². The number of benzene rings is 1. The Morgan fingerprint density at radius 3 is 2.23 bits per heavy atom. The Bertz CT molecular complexity index is 882. The topological polar surface area (TPSA) is 73.7 Å². The summed E-state index contributed by atoms with van der Waals surface area (Å²) in [6.45, 7) is 4.29. The Morgan fingerprint density at radius 1 is 0.967 bits per heavy atom. The van der Waals surface area contributed by atoms with Crippen molar-refractivity contribution in [3.8, 4) is 0 Å². The minimum absolute atomic E-state index is 0.0410. The van der Waals surface area contributed by atoms with Gasteiger partial charge in [-0.25, -0.2) is 0 Å². The molecule has 4 rings (SSSR count). The first-order valence-electron chi connectivity index (χ1n) is 10.7. The Balaban J connectivity index is 1.30. The minimum atomic E-state index is -0.956. The molecule has 1 aromatic carbocycles. The lowest BCUT2D eigenvalue weighted by atomic mass is 9.86. The first kappa shape index (κ1) is 20.5. The number of rotatable bonds is 3. The van der Waals surface area contributed by atoms with Crippen LogP contribution in [0.3, 0.4) is 0 Å². The molecule has 2 fully saturated rings. The van der Waals surface area contributed by atoms with Crippen LogP contribution in [0.1, 0.15) is 47.3 Å². The van der Waals surface area contributed by atoms with E-state index in [-0.39, 0.29) is 17.7 Å². The van der Waals surface area contributed by atoms with Crippen LogP contribution in [0.2, 0.25) is 0 Å². The third-order valence-corrected chi connectivity index (χ3v) is 6.47. The predicted molar refractivity (Wildman–Crippen MR) is 114 cm³/mol. The van der Waals surface area contributed by atoms with Gasteiger partial charge in [0.05, 0.1) is 5.69 Å². The molecular weight excluding hydrogens is 378 g/mol. The lowest BCUT2D eigenvalue weighted by Gasteiger charge is -2.40. The summed E-state index contributed by atoms with van der Waals surface area (Å²) in [5.74, 6) is 0.146. The fourth-order valence-electron chi connectivity index (χ4n) is 4.46. The van der Waals surface area contributed by atoms with Crippen molar-refractivity contribution in [2.24, 2.45) is 5.92 Å². The van der Waals surface area contributed by atoms with Crippen molar-refractivity contribution in [1.82, 2.24) is 14.8 Å². The van der Waals surface area contributed by atoms with Gasteiger partial charge in [0.25, 0.3) is 5.91 Å². The second kappa shape index (κ2) is 8.56. The predicted octanol–water partition coefficient (Wildman–Crippen LogP) is 2.75. The number of nitrogens with zero attached hydrogens (tertiary/aromatic N) is 3. The zero-order valence-electron chi connectivity index (χ0n) is 17.5. The molecule has 0 spiro atoms. The molecule has 2 aliphatic rings. The van der Waals surface area contributed by atoms with Crippen molar-refractivity contribution < 1.29 is 14.7 Å². The van der Waals surface area contributed by atoms with Crippen LogP contribution in [0.25, 0.3) is 0 Å². The number of aryl methyl sites for hydroxylation is 1. The van der Waals surface area contributed by atoms with Crippen LogP contribution in [0.4, 0.5) is 0 Å². The van der Waals surface area contributed by atoms with Gasteiger partial charge < -0.3 is 14.9 Å². The van der Waals surface area contributed by atoms with E-state index < -0.39 is 5.60 Å². The highest BCUT2D eigenvalue weighted by Gasteiger charge is 2.38. The summed E-state index contributed by atoms with van der Waals surface area (Å²) in [4.78, 5) is 33.7. The van der Waals surface area contributed by atoms with E-state index >= 15 is 0 Å². The van der Waals surface area contributed by atoms with Gasteiger partial charge in [0.1, 0.15) is 5.60 Å². The Morgan fingerprint density at radius 2 is 1.63 bits per heavy atom. The molecule has 0 unspecified atom stereocenters. The molecular formula is C24H29N3O3. The zero-order chi connectivity index (χ0) is 21.1. The number of likely N-dealkylation sites (tertiary alicyclic amines) is 2. The number of pyridine rings is 1. The van der Waals surface area contributed by atoms with Gasteiger partial charge in [-0.15, -0.1) is 0 Å². The summed E-state index contributed by atoms with van der Waals surface area (Å²) >= 11 is 0. The summed E-state index contributed by atoms with van der Waals surface area (Å²) in [5.41, 5.74) is 1.56. The summed E-state index contributed by atoms with van der Waals surface area (Å²) in [7, 11) is 0. The van der Waals surface area contributed by atoms with E-state index in [1.807, 2.05) is 59.2 Å². The van der Waals surface area contributed by atoms with Crippen LogP contribution in [0, 0.1) is 12.8 Å². The number of aromatic nitrogens is 1. The van der Waals surface area contributed by atoms with Crippen LogP contribution < -0.4 is 0 Å². The van der Waals surface area contributed by atoms with Gasteiger partial charge in [-0.05, 0) is 56.9 Å². The van der Waals surface area contributed by atoms with Gasteiger partial charge >= 0.3 is 0 Å². The molecule has 6 heteroatoms. The smallest absolute Gasteiger partial charge is 0.253 e. The molecule has 0 atom stereocenters. The summed E-state index contributed by atoms with van der Waals surface area (Å²) in [6.07, 6.45) is 4.08. The van der Waals surface area contributed by atoms with E-state index in [0.29, 0.717) is 63.1 Å². The highest BCUT2D eigenvalue weighted by molar-refractivity contribution is 5.94. The third kappa shape index (κ3) is 4.24. The number of amides is 2. The SMILES string of the molecule is Cc1ccc(C(=O)N2CCC(C(=O)N3CCC(O)(c4ccccn4)CC3)CC2)cc1. The Hall–Kier alpha value is -2.73. The number of piperidine rings is 2. The molecule has 6 nitrogen and oxygen atoms in total. The number of aliphatic hydroxyl groups is 1. The third-order valence-electron chi connectivity index (χ3n) is 6.47. The molecule has 0 bridgehead atoms. The lowest BCUT2D eigenvalue weighted by Crippen LogP contribution is -2.49. The highest BCUT2D eigenvalue weighted by Crippen LogP contribution is 2.32. The maximum atomic E-state index is 13.0. The number of hydrogen-bond acceptors (Lipinski definition) is 4. The molecule has 0 aliphatic carbocycles. The van der Waals surface area contributed by atoms with Gasteiger partial charge in [-0.1, -0.05) is 23.8 Å². The number of carbonyl (C=O) groups excluding carboxylic acids is 2. The molecule has 3 heterocycles. The van der Waals surface area contributed by atoms with Crippen molar-refractivity contribution in [3.05, 3.63) is 65.5 Å². The molecule has 2 aliphatic heterocycles. The van der Waals surface area contributed by atoms with Crippen molar-refractivity contribution in [1.29, 1.82) is 0 Å². The summed E-state index contributed by atoms with van der Waals surface area (Å²) < 4.78 is 0. The van der Waals surface area contributed by atoms with Crippen LogP contribution in [0.15, 0.2) is 48.7 Å². The monoisotopic (exact) mass is 407 g/mol. The molecule has 0 radical (unpaired) electrons. The Kier molecular flexibility index (Phi) is 5.86. The van der Waals surface area contributed by atoms with Gasteiger partial charge in [0, 0.05) is 43.9 Å². The first-order valence-corrected chi connectivity index (χ1v) is 10.7. The lowest BCUT2D eigenvalue weighted by molar-refractivity contribution is -0.141. The minimum Gasteiger partial charge on any atom is -0.383 e. The molecule has 2 saturated heterocycles. The number of hydrogen-bond donors (Lipinski definition) is 1. The standard InChI is InChI=1S/C24H29N3O3/c1-18-5-7-19(8-6-18)22(28)26-14-9-20(10-15-26)23(29)27-16-11-24(30,12-17-27)21-4-2-3-13-25-21/h2-8,13,20,30H,9-12,14-17H2,1H3. The fourth-order valence-corrected chi connectivity index (χ4v) is 4.46. The number of carbonyl (C=O) groups is 2. The van der Waals surface area contributed by atoms with Gasteiger partial charge in [0.2, 0.25) is 5.91 Å². The average molecular weight is 408 g/mol. The zero-order valence-corrected chi connectivity index (χ0v) is 17.5. The molecule has 2 amide bonds. The van der Waals surface area contributed by atoms with Gasteiger partial charge in [-0.3, -0.25) is 14.6 Å². The van der Waals surface area contributed by atoms with Crippen LogP contribution in [0.5, 0.6) is 0 Å². The van der Waals surface area contributed by atoms with Gasteiger partial charge in [-0.2, -0.15) is 0 Å². The van der Waals surface area contributed by atoms with Crippen molar-refractivity contribution >= 4 is 11.8 Å². The maximum absolute atomic E-state index is 13.0. The van der Waals surface area contributed by atoms with Crippen molar-refractivity contribution in [2.75, 3.05) is 26.2 Å². The van der Waals surface area contributed by atoms with E-state index in [1.54, 1.807) is 6.20 Å². The molecule has 1 N–H and O–H groups in total. The summed E-state index contributed by atoms with van der Waals surface area (Å²) in [5, 5.41) is 10.9. The first-order chi connectivity index (χ1) is 14.5. The van der Waals surface area contributed by atoms with E-state index in [0.717, 1.165) is 5.56 Å². The molecule has 158 valence electrons. The average Bonchev–Trinajstić information content (AvgIpc) is 2.80. The van der Waals surface area contributed by atoms with E-state index in [2.05, 4.69) is 4.98 Å². The van der Waals surface area contributed by atoms with E-state index in [4.69, 9.17) is 0 Å². The quantitative estimate of drug-likeness (QED) is 0.849. The summed E-state index contributed by atoms with van der Waals surface area (Å²) in [6, 6.07) is 13.2. The maximum Gasteiger partial charge on any atom is 0.253 e. The molecule has 0 saturated carbocycles. The highest BCUT2D eigenvalue weighted by atomic mass is 16.3. The second-order valence-corrected chi connectivity index (χ2v) is 8.50. The van der Waals surface area contributed by atoms with Crippen molar-refractivity contribution in [3.63, 3.8) is 0 Å². The Labute approximate surface area is 177 Å². The van der Waals surface area contributed by atoms with Crippen LogP contribution in [-0.4, -0.2) is 57.9 Å². The second-order valence-electron chi connectivity index (χ2n) is 8.50. The molecule has 1 aromatic heterocycles. The fraction of sp³-hybridized carbons (Fsp3) is 0.458. The van der Waals surface area contributed by atoms with Gasteiger partial charge in [0.15, 0.2) is 0 Å². The van der Waals surface area contributed by atoms with Crippen molar-refractivity contribution in [2.45, 2.75) is 38.2 Å². The van der Waals surface area contributed by atoms with Crippen LogP contribution >= 0.6 is 0 Å².